The molecule has 0 aliphatic heterocycles. The fourth-order valence-corrected chi connectivity index (χ4v) is 11.8. The van der Waals surface area contributed by atoms with Crippen LogP contribution in [0.1, 0.15) is 68.9 Å². The molecule has 302 valence electrons. The van der Waals surface area contributed by atoms with Crippen LogP contribution in [0.5, 0.6) is 0 Å². The number of nitrogens with one attached hydrogen (secondary N) is 2. The minimum atomic E-state index is -4.44. The van der Waals surface area contributed by atoms with Gasteiger partial charge < -0.3 is 10.6 Å². The molecular weight excluding hydrogens is 915 g/mol. The Morgan fingerprint density at radius 2 is 1.03 bits per heavy atom. The Kier molecular flexibility index (Phi) is 11.0. The zero-order valence-corrected chi connectivity index (χ0v) is 35.8. The molecule has 58 heavy (non-hydrogen) atoms. The average Bonchev–Trinajstić information content (AvgIpc) is 3.97. The molecule has 0 bridgehead atoms. The van der Waals surface area contributed by atoms with Crippen LogP contribution in [0.3, 0.4) is 0 Å². The Hall–Kier alpha value is -3.82. The van der Waals surface area contributed by atoms with Gasteiger partial charge >= 0.3 is 20.2 Å². The molecule has 22 heteroatoms. The maximum absolute atomic E-state index is 13.5. The molecule has 0 spiro atoms. The highest BCUT2D eigenvalue weighted by Crippen LogP contribution is 2.48. The summed E-state index contributed by atoms with van der Waals surface area (Å²) in [6.45, 7) is 0.701. The summed E-state index contributed by atoms with van der Waals surface area (Å²) >= 11 is 27.0. The normalized spacial score (nSPS) is 13.0. The van der Waals surface area contributed by atoms with Crippen LogP contribution in [-0.4, -0.2) is 70.4 Å². The van der Waals surface area contributed by atoms with Crippen LogP contribution < -0.4 is 10.6 Å². The standard InChI is InChI=1S/C36H28Cl4N6O8S4/c37-19-5-7-25(23(39)15-19)45-31-21(11-17-13-27(55-33(17)31)57(49,50)51)29(43-45)35(47)41-9-3-1-2-4-10-42-36(48)30-22-12-18-14-28(58(52,53)54)56-34(18)32(22)46(44-30)26-8-6-20(38)16-24(26)40/h5-8,13-16H,1-4,9-12H2,(H,41,47)(H,42,48)(H,49,50,51)(H,52,53,54). The molecule has 0 unspecified atom stereocenters. The van der Waals surface area contributed by atoms with Gasteiger partial charge in [-0.1, -0.05) is 59.2 Å². The number of hydrogen-bond donors (Lipinski definition) is 4. The van der Waals surface area contributed by atoms with E-state index in [9.17, 15) is 35.5 Å². The Labute approximate surface area is 359 Å². The second-order valence-corrected chi connectivity index (χ2v) is 20.5. The number of carbonyl (C=O) groups excluding carboxylic acids is 2. The fourth-order valence-electron chi connectivity index (χ4n) is 7.00. The summed E-state index contributed by atoms with van der Waals surface area (Å²) < 4.78 is 69.4. The van der Waals surface area contributed by atoms with Crippen LogP contribution in [0, 0.1) is 0 Å². The fraction of sp³-hybridized carbons (Fsp3) is 0.222. The minimum Gasteiger partial charge on any atom is -0.351 e. The van der Waals surface area contributed by atoms with Gasteiger partial charge in [0, 0.05) is 47.1 Å². The molecule has 2 amide bonds. The lowest BCUT2D eigenvalue weighted by Gasteiger charge is -2.08. The first-order valence-corrected chi connectivity index (χ1v) is 23.4. The van der Waals surface area contributed by atoms with Gasteiger partial charge in [0.1, 0.15) is 8.42 Å². The van der Waals surface area contributed by atoms with Crippen LogP contribution in [0.25, 0.3) is 32.5 Å². The van der Waals surface area contributed by atoms with Crippen molar-refractivity contribution in [3.8, 4) is 32.5 Å². The van der Waals surface area contributed by atoms with Crippen molar-refractivity contribution in [2.75, 3.05) is 13.1 Å². The number of rotatable bonds is 13. The van der Waals surface area contributed by atoms with Crippen LogP contribution in [0.15, 0.2) is 56.9 Å². The zero-order chi connectivity index (χ0) is 41.3. The number of hydrogen-bond acceptors (Lipinski definition) is 10. The monoisotopic (exact) mass is 940 g/mol. The van der Waals surface area contributed by atoms with Gasteiger partial charge in [0.2, 0.25) is 0 Å². The van der Waals surface area contributed by atoms with Gasteiger partial charge in [-0.2, -0.15) is 27.0 Å². The van der Waals surface area contributed by atoms with E-state index in [0.717, 1.165) is 35.5 Å². The summed E-state index contributed by atoms with van der Waals surface area (Å²) in [5, 5.41) is 16.4. The van der Waals surface area contributed by atoms with Crippen molar-refractivity contribution in [2.24, 2.45) is 0 Å². The van der Waals surface area contributed by atoms with E-state index in [1.807, 2.05) is 0 Å². The van der Waals surface area contributed by atoms with Gasteiger partial charge in [-0.3, -0.25) is 18.7 Å². The number of thiophene rings is 2. The van der Waals surface area contributed by atoms with E-state index in [-0.39, 0.29) is 42.7 Å². The van der Waals surface area contributed by atoms with Gasteiger partial charge in [-0.05, 0) is 72.5 Å². The minimum absolute atomic E-state index is 0.168. The molecule has 2 aliphatic rings. The number of amides is 2. The Balaban J connectivity index is 0.888. The molecule has 8 rings (SSSR count). The van der Waals surface area contributed by atoms with Crippen LogP contribution in [-0.2, 0) is 33.1 Å². The second-order valence-electron chi connectivity index (χ2n) is 13.4. The Bertz CT molecular complexity index is 2720. The Morgan fingerprint density at radius 1 is 0.638 bits per heavy atom. The van der Waals surface area contributed by atoms with E-state index in [4.69, 9.17) is 46.4 Å². The number of benzene rings is 2. The number of halogens is 4. The van der Waals surface area contributed by atoms with E-state index in [0.29, 0.717) is 90.7 Å². The number of carbonyl (C=O) groups is 2. The Morgan fingerprint density at radius 3 is 1.40 bits per heavy atom. The smallest absolute Gasteiger partial charge is 0.304 e. The predicted octanol–water partition coefficient (Wildman–Crippen LogP) is 8.15. The van der Waals surface area contributed by atoms with Gasteiger partial charge in [0.25, 0.3) is 11.8 Å². The van der Waals surface area contributed by atoms with Gasteiger partial charge in [0.15, 0.2) is 11.4 Å². The molecule has 0 fully saturated rings. The molecule has 4 heterocycles. The first-order valence-electron chi connectivity index (χ1n) is 17.4. The summed E-state index contributed by atoms with van der Waals surface area (Å²) in [6.07, 6.45) is 3.24. The van der Waals surface area contributed by atoms with E-state index < -0.39 is 32.1 Å². The third-order valence-electron chi connectivity index (χ3n) is 9.59. The van der Waals surface area contributed by atoms with E-state index in [2.05, 4.69) is 20.8 Å². The van der Waals surface area contributed by atoms with Crippen molar-refractivity contribution in [1.82, 2.24) is 30.2 Å². The van der Waals surface area contributed by atoms with E-state index in [1.54, 1.807) is 24.3 Å². The number of unbranched alkanes of at least 4 members (excludes halogenated alkanes) is 3. The molecule has 0 saturated carbocycles. The summed E-state index contributed by atoms with van der Waals surface area (Å²) in [5.74, 6) is -0.819. The molecule has 2 aliphatic carbocycles. The van der Waals surface area contributed by atoms with Crippen LogP contribution in [0.2, 0.25) is 20.1 Å². The lowest BCUT2D eigenvalue weighted by molar-refractivity contribution is 0.0937. The quantitative estimate of drug-likeness (QED) is 0.0646. The van der Waals surface area contributed by atoms with Crippen molar-refractivity contribution in [1.29, 1.82) is 0 Å². The van der Waals surface area contributed by atoms with Crippen molar-refractivity contribution in [3.05, 3.63) is 102 Å². The van der Waals surface area contributed by atoms with Crippen LogP contribution in [0.4, 0.5) is 0 Å². The molecule has 4 aromatic heterocycles. The first-order chi connectivity index (χ1) is 27.5. The van der Waals surface area contributed by atoms with Gasteiger partial charge in [-0.25, -0.2) is 9.36 Å². The topological polar surface area (TPSA) is 203 Å². The van der Waals surface area contributed by atoms with Crippen molar-refractivity contribution >= 4 is 101 Å². The maximum Gasteiger partial charge on any atom is 0.304 e. The summed E-state index contributed by atoms with van der Waals surface area (Å²) in [4.78, 5) is 28.1. The lowest BCUT2D eigenvalue weighted by atomic mass is 10.1. The van der Waals surface area contributed by atoms with Gasteiger partial charge in [0.05, 0.1) is 42.6 Å². The highest BCUT2D eigenvalue weighted by molar-refractivity contribution is 7.88. The van der Waals surface area contributed by atoms with E-state index >= 15 is 0 Å². The van der Waals surface area contributed by atoms with Crippen molar-refractivity contribution in [3.63, 3.8) is 0 Å². The molecule has 2 aromatic carbocycles. The third kappa shape index (κ3) is 7.71. The predicted molar refractivity (Wildman–Crippen MR) is 222 cm³/mol. The van der Waals surface area contributed by atoms with Crippen LogP contribution >= 0.6 is 69.1 Å². The lowest BCUT2D eigenvalue weighted by Crippen LogP contribution is -2.26. The second kappa shape index (κ2) is 15.7. The zero-order valence-electron chi connectivity index (χ0n) is 29.6. The largest absolute Gasteiger partial charge is 0.351 e. The maximum atomic E-state index is 13.5. The highest BCUT2D eigenvalue weighted by atomic mass is 35.5. The summed E-state index contributed by atoms with van der Waals surface area (Å²) in [6, 6.07) is 12.4. The number of fused-ring (bicyclic) bond motifs is 6. The molecule has 6 aromatic rings. The third-order valence-corrected chi connectivity index (χ3v) is 15.6. The molecule has 0 radical (unpaired) electrons. The first kappa shape index (κ1) is 40.9. The SMILES string of the molecule is O=C(NCCCCCCNC(=O)c1nn(-c2ccc(Cl)cc2Cl)c2c1Cc1cc(S(=O)(=O)O)sc1-2)c1nn(-c2ccc(Cl)cc2Cl)c2c1Cc1cc(S(=O)(=O)O)sc1-2. The average molecular weight is 943 g/mol. The molecule has 14 nitrogen and oxygen atoms in total. The summed E-state index contributed by atoms with van der Waals surface area (Å²) in [7, 11) is -8.88. The molecule has 0 saturated heterocycles. The van der Waals surface area contributed by atoms with E-state index in [1.165, 1.54) is 33.6 Å². The molecule has 4 N–H and O–H groups in total. The highest BCUT2D eigenvalue weighted by Gasteiger charge is 2.36. The molecule has 0 atom stereocenters. The number of aromatic nitrogens is 4. The van der Waals surface area contributed by atoms with Crippen molar-refractivity contribution in [2.45, 2.75) is 46.9 Å². The number of nitrogens with zero attached hydrogens (tertiary/aromatic N) is 4. The summed E-state index contributed by atoms with van der Waals surface area (Å²) in [5.41, 5.74) is 4.73. The van der Waals surface area contributed by atoms with Crippen molar-refractivity contribution < 1.29 is 35.5 Å². The molecular formula is C36H28Cl4N6O8S4. The van der Waals surface area contributed by atoms with Gasteiger partial charge in [-0.15, -0.1) is 22.7 Å².